The maximum Gasteiger partial charge on any atom is 0.225 e. The van der Waals surface area contributed by atoms with E-state index in [0.717, 1.165) is 26.0 Å². The standard InChI is InChI=1S/C22H23N3O2S2/c1-14-3-5-16(6-4-14)11-25-12-17(9-21(25)26)22(27)23-10-18-7-8-20(29-18)19-13-28-15(2)24-19/h3-8,13,17H,9-12H2,1-2H3,(H,23,27)/t17-/m0/s1. The second-order valence-corrected chi connectivity index (χ2v) is 9.63. The quantitative estimate of drug-likeness (QED) is 0.645. The SMILES string of the molecule is Cc1ccc(CN2C[C@@H](C(=O)NCc3ccc(-c4csc(C)n4)s3)CC2=O)cc1. The van der Waals surface area contributed by atoms with Gasteiger partial charge < -0.3 is 10.2 Å². The molecule has 1 atom stereocenters. The summed E-state index contributed by atoms with van der Waals surface area (Å²) in [5, 5.41) is 6.10. The molecule has 4 rings (SSSR count). The summed E-state index contributed by atoms with van der Waals surface area (Å²) in [6, 6.07) is 12.2. The zero-order valence-corrected chi connectivity index (χ0v) is 18.1. The Morgan fingerprint density at radius 3 is 2.72 bits per heavy atom. The number of thiophene rings is 1. The first kappa shape index (κ1) is 19.8. The van der Waals surface area contributed by atoms with Crippen LogP contribution < -0.4 is 5.32 Å². The number of rotatable bonds is 6. The van der Waals surface area contributed by atoms with Crippen LogP contribution in [0.3, 0.4) is 0 Å². The Morgan fingerprint density at radius 2 is 2.00 bits per heavy atom. The Bertz CT molecular complexity index is 1020. The van der Waals surface area contributed by atoms with Gasteiger partial charge in [0.2, 0.25) is 11.8 Å². The van der Waals surface area contributed by atoms with Crippen LogP contribution in [0.25, 0.3) is 10.6 Å². The molecule has 0 unspecified atom stereocenters. The van der Waals surface area contributed by atoms with Gasteiger partial charge in [0.05, 0.1) is 28.0 Å². The Balaban J connectivity index is 1.30. The fourth-order valence-corrected chi connectivity index (χ4v) is 5.02. The van der Waals surface area contributed by atoms with Crippen LogP contribution in [0.4, 0.5) is 0 Å². The molecule has 1 N–H and O–H groups in total. The van der Waals surface area contributed by atoms with E-state index in [0.29, 0.717) is 19.6 Å². The maximum absolute atomic E-state index is 12.6. The Hall–Kier alpha value is -2.51. The number of aryl methyl sites for hydroxylation is 2. The summed E-state index contributed by atoms with van der Waals surface area (Å²) in [6.07, 6.45) is 0.283. The highest BCUT2D eigenvalue weighted by atomic mass is 32.1. The molecule has 150 valence electrons. The number of hydrogen-bond donors (Lipinski definition) is 1. The first-order valence-electron chi connectivity index (χ1n) is 9.60. The van der Waals surface area contributed by atoms with E-state index >= 15 is 0 Å². The molecule has 1 aliphatic heterocycles. The van der Waals surface area contributed by atoms with Crippen LogP contribution in [-0.4, -0.2) is 28.2 Å². The average Bonchev–Trinajstić information content (AvgIpc) is 3.42. The van der Waals surface area contributed by atoms with Gasteiger partial charge in [-0.3, -0.25) is 9.59 Å². The van der Waals surface area contributed by atoms with Gasteiger partial charge in [-0.1, -0.05) is 29.8 Å². The molecule has 0 bridgehead atoms. The van der Waals surface area contributed by atoms with Crippen LogP contribution in [0.5, 0.6) is 0 Å². The molecule has 2 amide bonds. The largest absolute Gasteiger partial charge is 0.351 e. The molecule has 1 saturated heterocycles. The van der Waals surface area contributed by atoms with E-state index in [1.807, 2.05) is 50.2 Å². The zero-order chi connectivity index (χ0) is 20.4. The fourth-order valence-electron chi connectivity index (χ4n) is 3.42. The number of carbonyl (C=O) groups excluding carboxylic acids is 2. The summed E-state index contributed by atoms with van der Waals surface area (Å²) >= 11 is 3.27. The van der Waals surface area contributed by atoms with Gasteiger partial charge in [0.1, 0.15) is 0 Å². The molecule has 1 aliphatic rings. The third-order valence-corrected chi connectivity index (χ3v) is 6.93. The highest BCUT2D eigenvalue weighted by molar-refractivity contribution is 7.16. The highest BCUT2D eigenvalue weighted by Gasteiger charge is 2.34. The minimum atomic E-state index is -0.284. The van der Waals surface area contributed by atoms with E-state index < -0.39 is 0 Å². The Labute approximate surface area is 178 Å². The van der Waals surface area contributed by atoms with E-state index in [-0.39, 0.29) is 24.2 Å². The van der Waals surface area contributed by atoms with E-state index in [2.05, 4.69) is 15.7 Å². The molecule has 2 aromatic heterocycles. The minimum Gasteiger partial charge on any atom is -0.351 e. The minimum absolute atomic E-state index is 0.0445. The number of benzene rings is 1. The van der Waals surface area contributed by atoms with Crippen molar-refractivity contribution in [3.05, 3.63) is 62.8 Å². The van der Waals surface area contributed by atoms with Gasteiger partial charge in [-0.2, -0.15) is 0 Å². The summed E-state index contributed by atoms with van der Waals surface area (Å²) in [5.74, 6) is -0.291. The van der Waals surface area contributed by atoms with Crippen LogP contribution in [0, 0.1) is 19.8 Å². The Morgan fingerprint density at radius 1 is 1.21 bits per heavy atom. The lowest BCUT2D eigenvalue weighted by Gasteiger charge is -2.16. The van der Waals surface area contributed by atoms with Crippen molar-refractivity contribution in [2.75, 3.05) is 6.54 Å². The van der Waals surface area contributed by atoms with Crippen molar-refractivity contribution >= 4 is 34.5 Å². The summed E-state index contributed by atoms with van der Waals surface area (Å²) in [5.41, 5.74) is 3.28. The van der Waals surface area contributed by atoms with Crippen molar-refractivity contribution in [2.24, 2.45) is 5.92 Å². The molecule has 5 nitrogen and oxygen atoms in total. The van der Waals surface area contributed by atoms with Crippen molar-refractivity contribution in [2.45, 2.75) is 33.4 Å². The number of carbonyl (C=O) groups is 2. The van der Waals surface area contributed by atoms with Gasteiger partial charge in [-0.05, 0) is 31.5 Å². The summed E-state index contributed by atoms with van der Waals surface area (Å²) in [6.45, 7) is 5.55. The Kier molecular flexibility index (Phi) is 5.78. The predicted octanol–water partition coefficient (Wildman–Crippen LogP) is 4.15. The lowest BCUT2D eigenvalue weighted by atomic mass is 10.1. The van der Waals surface area contributed by atoms with Gasteiger partial charge in [0.25, 0.3) is 0 Å². The smallest absolute Gasteiger partial charge is 0.225 e. The normalized spacial score (nSPS) is 16.4. The topological polar surface area (TPSA) is 62.3 Å². The molecule has 3 aromatic rings. The number of thiazole rings is 1. The van der Waals surface area contributed by atoms with Crippen LogP contribution in [0.2, 0.25) is 0 Å². The highest BCUT2D eigenvalue weighted by Crippen LogP contribution is 2.29. The first-order valence-corrected chi connectivity index (χ1v) is 11.3. The lowest BCUT2D eigenvalue weighted by molar-refractivity contribution is -0.129. The molecule has 7 heteroatoms. The van der Waals surface area contributed by atoms with Crippen molar-refractivity contribution in [3.63, 3.8) is 0 Å². The molecule has 3 heterocycles. The third kappa shape index (κ3) is 4.74. The van der Waals surface area contributed by atoms with Gasteiger partial charge in [-0.25, -0.2) is 4.98 Å². The molecule has 0 aliphatic carbocycles. The molecular formula is C22H23N3O2S2. The first-order chi connectivity index (χ1) is 14.0. The second-order valence-electron chi connectivity index (χ2n) is 7.40. The van der Waals surface area contributed by atoms with Gasteiger partial charge >= 0.3 is 0 Å². The number of nitrogens with one attached hydrogen (secondary N) is 1. The van der Waals surface area contributed by atoms with Crippen molar-refractivity contribution < 1.29 is 9.59 Å². The summed E-state index contributed by atoms with van der Waals surface area (Å²) in [4.78, 5) is 33.4. The van der Waals surface area contributed by atoms with Crippen LogP contribution >= 0.6 is 22.7 Å². The van der Waals surface area contributed by atoms with E-state index in [1.165, 1.54) is 5.56 Å². The molecule has 0 radical (unpaired) electrons. The van der Waals surface area contributed by atoms with Crippen molar-refractivity contribution in [1.29, 1.82) is 0 Å². The zero-order valence-electron chi connectivity index (χ0n) is 16.5. The van der Waals surface area contributed by atoms with E-state index in [1.54, 1.807) is 27.6 Å². The fraction of sp³-hybridized carbons (Fsp3) is 0.318. The van der Waals surface area contributed by atoms with Gasteiger partial charge in [0.15, 0.2) is 0 Å². The van der Waals surface area contributed by atoms with E-state index in [9.17, 15) is 9.59 Å². The maximum atomic E-state index is 12.6. The van der Waals surface area contributed by atoms with Crippen LogP contribution in [0.15, 0.2) is 41.8 Å². The number of amides is 2. The molecule has 0 spiro atoms. The number of likely N-dealkylation sites (tertiary alicyclic amines) is 1. The molecular weight excluding hydrogens is 402 g/mol. The molecule has 29 heavy (non-hydrogen) atoms. The average molecular weight is 426 g/mol. The molecule has 1 fully saturated rings. The predicted molar refractivity (Wildman–Crippen MR) is 117 cm³/mol. The van der Waals surface area contributed by atoms with Gasteiger partial charge in [-0.15, -0.1) is 22.7 Å². The van der Waals surface area contributed by atoms with Crippen molar-refractivity contribution in [3.8, 4) is 10.6 Å². The second kappa shape index (κ2) is 8.47. The van der Waals surface area contributed by atoms with Crippen LogP contribution in [0.1, 0.15) is 27.4 Å². The third-order valence-electron chi connectivity index (χ3n) is 5.05. The lowest BCUT2D eigenvalue weighted by Crippen LogP contribution is -2.32. The molecule has 1 aromatic carbocycles. The summed E-state index contributed by atoms with van der Waals surface area (Å²) in [7, 11) is 0. The molecule has 0 saturated carbocycles. The van der Waals surface area contributed by atoms with Crippen molar-refractivity contribution in [1.82, 2.24) is 15.2 Å². The van der Waals surface area contributed by atoms with Gasteiger partial charge in [0, 0.05) is 29.8 Å². The van der Waals surface area contributed by atoms with E-state index in [4.69, 9.17) is 0 Å². The van der Waals surface area contributed by atoms with Crippen LogP contribution in [-0.2, 0) is 22.7 Å². The number of nitrogens with zero attached hydrogens (tertiary/aromatic N) is 2. The number of aromatic nitrogens is 1. The summed E-state index contributed by atoms with van der Waals surface area (Å²) < 4.78 is 0. The monoisotopic (exact) mass is 425 g/mol. The number of hydrogen-bond acceptors (Lipinski definition) is 5.